The first-order valence-corrected chi connectivity index (χ1v) is 11.5. The third-order valence-electron chi connectivity index (χ3n) is 6.14. The second kappa shape index (κ2) is 10.5. The number of para-hydroxylation sites is 1. The molecule has 3 aromatic rings. The van der Waals surface area contributed by atoms with Crippen LogP contribution in [-0.4, -0.2) is 71.2 Å². The van der Waals surface area contributed by atoms with E-state index in [0.29, 0.717) is 32.6 Å². The number of nitrogens with zero attached hydrogens (tertiary/aromatic N) is 4. The number of aromatic nitrogens is 2. The molecule has 2 amide bonds. The number of hydrogen-bond acceptors (Lipinski definition) is 5. The van der Waals surface area contributed by atoms with Gasteiger partial charge in [0.05, 0.1) is 42.8 Å². The molecule has 2 heterocycles. The molecule has 8 heteroatoms. The zero-order valence-corrected chi connectivity index (χ0v) is 20.0. The van der Waals surface area contributed by atoms with E-state index >= 15 is 0 Å². The van der Waals surface area contributed by atoms with Crippen LogP contribution in [0.15, 0.2) is 54.6 Å². The second-order valence-corrected chi connectivity index (χ2v) is 8.53. The number of hydrogen-bond donors (Lipinski definition) is 1. The van der Waals surface area contributed by atoms with Crippen molar-refractivity contribution in [3.63, 3.8) is 0 Å². The number of nitrogens with one attached hydrogen (secondary N) is 1. The Morgan fingerprint density at radius 2 is 1.74 bits per heavy atom. The molecule has 0 spiro atoms. The summed E-state index contributed by atoms with van der Waals surface area (Å²) in [6.45, 7) is 6.69. The second-order valence-electron chi connectivity index (χ2n) is 8.53. The van der Waals surface area contributed by atoms with Crippen molar-refractivity contribution in [1.82, 2.24) is 19.6 Å². The average molecular weight is 462 g/mol. The number of aryl methyl sites for hydroxylation is 1. The molecule has 0 bridgehead atoms. The smallest absolute Gasteiger partial charge is 0.238 e. The summed E-state index contributed by atoms with van der Waals surface area (Å²) in [6, 6.07) is 17.5. The molecule has 2 aromatic carbocycles. The van der Waals surface area contributed by atoms with Gasteiger partial charge in [-0.25, -0.2) is 4.68 Å². The van der Waals surface area contributed by atoms with E-state index in [1.54, 1.807) is 7.11 Å². The fourth-order valence-corrected chi connectivity index (χ4v) is 4.25. The number of benzene rings is 2. The molecule has 0 atom stereocenters. The van der Waals surface area contributed by atoms with Gasteiger partial charge < -0.3 is 15.0 Å². The first-order valence-electron chi connectivity index (χ1n) is 11.5. The quantitative estimate of drug-likeness (QED) is 0.585. The van der Waals surface area contributed by atoms with Gasteiger partial charge in [0.25, 0.3) is 0 Å². The molecule has 4 rings (SSSR count). The first kappa shape index (κ1) is 23.5. The molecule has 0 unspecified atom stereocenters. The van der Waals surface area contributed by atoms with Crippen LogP contribution in [0.5, 0.6) is 5.75 Å². The van der Waals surface area contributed by atoms with Crippen molar-refractivity contribution in [3.05, 3.63) is 71.5 Å². The third kappa shape index (κ3) is 5.46. The Morgan fingerprint density at radius 3 is 2.44 bits per heavy atom. The minimum Gasteiger partial charge on any atom is -0.497 e. The Kier molecular flexibility index (Phi) is 7.27. The zero-order valence-electron chi connectivity index (χ0n) is 20.0. The maximum Gasteiger partial charge on any atom is 0.238 e. The molecular weight excluding hydrogens is 430 g/mol. The molecule has 1 fully saturated rings. The van der Waals surface area contributed by atoms with Gasteiger partial charge in [0.15, 0.2) is 0 Å². The van der Waals surface area contributed by atoms with Crippen LogP contribution in [0.1, 0.15) is 17.0 Å². The van der Waals surface area contributed by atoms with Crippen LogP contribution in [0.2, 0.25) is 0 Å². The molecule has 1 aliphatic rings. The number of carbonyl (C=O) groups is 2. The fraction of sp³-hybridized carbons (Fsp3) is 0.346. The lowest BCUT2D eigenvalue weighted by atomic mass is 10.1. The number of amides is 2. The van der Waals surface area contributed by atoms with Gasteiger partial charge >= 0.3 is 0 Å². The Bertz CT molecular complexity index is 1150. The fourth-order valence-electron chi connectivity index (χ4n) is 4.25. The summed E-state index contributed by atoms with van der Waals surface area (Å²) in [5, 5.41) is 7.63. The Labute approximate surface area is 200 Å². The van der Waals surface area contributed by atoms with Crippen LogP contribution < -0.4 is 10.1 Å². The van der Waals surface area contributed by atoms with Gasteiger partial charge in [0, 0.05) is 26.2 Å². The highest BCUT2D eigenvalue weighted by atomic mass is 16.5. The van der Waals surface area contributed by atoms with Crippen molar-refractivity contribution in [2.45, 2.75) is 20.3 Å². The lowest BCUT2D eigenvalue weighted by molar-refractivity contribution is -0.132. The van der Waals surface area contributed by atoms with E-state index in [0.717, 1.165) is 34.1 Å². The zero-order chi connectivity index (χ0) is 24.1. The van der Waals surface area contributed by atoms with E-state index < -0.39 is 0 Å². The Balaban J connectivity index is 1.29. The highest BCUT2D eigenvalue weighted by Crippen LogP contribution is 2.23. The van der Waals surface area contributed by atoms with Crippen LogP contribution in [-0.2, 0) is 16.0 Å². The normalized spacial score (nSPS) is 14.1. The topological polar surface area (TPSA) is 79.7 Å². The minimum atomic E-state index is -0.0741. The van der Waals surface area contributed by atoms with E-state index in [9.17, 15) is 9.59 Å². The molecule has 0 saturated carbocycles. The molecule has 0 aliphatic carbocycles. The van der Waals surface area contributed by atoms with Crippen molar-refractivity contribution in [3.8, 4) is 11.4 Å². The van der Waals surface area contributed by atoms with E-state index in [1.807, 2.05) is 78.0 Å². The number of rotatable bonds is 7. The molecule has 1 N–H and O–H groups in total. The van der Waals surface area contributed by atoms with Gasteiger partial charge in [-0.05, 0) is 43.7 Å². The number of anilines is 1. The minimum absolute atomic E-state index is 0.0741. The number of ether oxygens (including phenoxy) is 1. The summed E-state index contributed by atoms with van der Waals surface area (Å²) in [7, 11) is 1.62. The summed E-state index contributed by atoms with van der Waals surface area (Å²) in [5.74, 6) is 0.771. The highest BCUT2D eigenvalue weighted by Gasteiger charge is 2.23. The molecule has 178 valence electrons. The number of piperazine rings is 1. The molecule has 34 heavy (non-hydrogen) atoms. The van der Waals surface area contributed by atoms with Crippen molar-refractivity contribution in [2.75, 3.05) is 45.2 Å². The standard InChI is InChI=1S/C26H31N5O3/c1-19-26(20(2)31(28-19)22-9-5-4-6-10-22)27-24(32)18-29-12-14-30(15-13-29)25(33)17-21-8-7-11-23(16-21)34-3/h4-11,16H,12-15,17-18H2,1-3H3,(H,27,32). The van der Waals surface area contributed by atoms with Crippen molar-refractivity contribution >= 4 is 17.5 Å². The van der Waals surface area contributed by atoms with Crippen molar-refractivity contribution in [2.24, 2.45) is 0 Å². The van der Waals surface area contributed by atoms with Gasteiger partial charge in [-0.1, -0.05) is 30.3 Å². The SMILES string of the molecule is COc1cccc(CC(=O)N2CCN(CC(=O)Nc3c(C)nn(-c4ccccc4)c3C)CC2)c1. The van der Waals surface area contributed by atoms with Gasteiger partial charge in [0.1, 0.15) is 5.75 Å². The highest BCUT2D eigenvalue weighted by molar-refractivity contribution is 5.93. The van der Waals surface area contributed by atoms with Crippen molar-refractivity contribution < 1.29 is 14.3 Å². The van der Waals surface area contributed by atoms with Crippen molar-refractivity contribution in [1.29, 1.82) is 0 Å². The summed E-state index contributed by atoms with van der Waals surface area (Å²) >= 11 is 0. The number of carbonyl (C=O) groups excluding carboxylic acids is 2. The third-order valence-corrected chi connectivity index (χ3v) is 6.14. The van der Waals surface area contributed by atoms with E-state index in [-0.39, 0.29) is 18.4 Å². The Hall–Kier alpha value is -3.65. The van der Waals surface area contributed by atoms with Gasteiger partial charge in [-0.3, -0.25) is 14.5 Å². The predicted octanol–water partition coefficient (Wildman–Crippen LogP) is 2.82. The summed E-state index contributed by atoms with van der Waals surface area (Å²) < 4.78 is 7.08. The van der Waals surface area contributed by atoms with Gasteiger partial charge in [-0.15, -0.1) is 0 Å². The van der Waals surface area contributed by atoms with E-state index in [1.165, 1.54) is 0 Å². The molecule has 1 saturated heterocycles. The lowest BCUT2D eigenvalue weighted by Gasteiger charge is -2.34. The monoisotopic (exact) mass is 461 g/mol. The predicted molar refractivity (Wildman–Crippen MR) is 131 cm³/mol. The summed E-state index contributed by atoms with van der Waals surface area (Å²) in [6.07, 6.45) is 0.349. The van der Waals surface area contributed by atoms with Crippen LogP contribution >= 0.6 is 0 Å². The van der Waals surface area contributed by atoms with Crippen LogP contribution in [0, 0.1) is 13.8 Å². The summed E-state index contributed by atoms with van der Waals surface area (Å²) in [5.41, 5.74) is 4.32. The molecule has 0 radical (unpaired) electrons. The molecule has 1 aliphatic heterocycles. The first-order chi connectivity index (χ1) is 16.4. The Morgan fingerprint density at radius 1 is 1.00 bits per heavy atom. The summed E-state index contributed by atoms with van der Waals surface area (Å²) in [4.78, 5) is 29.4. The van der Waals surface area contributed by atoms with E-state index in [4.69, 9.17) is 4.74 Å². The maximum atomic E-state index is 12.8. The number of methoxy groups -OCH3 is 1. The van der Waals surface area contributed by atoms with E-state index in [2.05, 4.69) is 15.3 Å². The maximum absolute atomic E-state index is 12.8. The van der Waals surface area contributed by atoms with Crippen LogP contribution in [0.25, 0.3) is 5.69 Å². The van der Waals surface area contributed by atoms with Gasteiger partial charge in [-0.2, -0.15) is 5.10 Å². The molecule has 8 nitrogen and oxygen atoms in total. The van der Waals surface area contributed by atoms with Gasteiger partial charge in [0.2, 0.25) is 11.8 Å². The molecule has 1 aromatic heterocycles. The van der Waals surface area contributed by atoms with Crippen LogP contribution in [0.3, 0.4) is 0 Å². The molecular formula is C26H31N5O3. The lowest BCUT2D eigenvalue weighted by Crippen LogP contribution is -2.50. The average Bonchev–Trinajstić information content (AvgIpc) is 3.13. The largest absolute Gasteiger partial charge is 0.497 e. The van der Waals surface area contributed by atoms with Crippen LogP contribution in [0.4, 0.5) is 5.69 Å².